The molecule has 0 saturated heterocycles. The van der Waals surface area contributed by atoms with E-state index in [1.165, 1.54) is 25.3 Å². The Morgan fingerprint density at radius 3 is 2.68 bits per heavy atom. The maximum Gasteiger partial charge on any atom is 0.337 e. The second-order valence-corrected chi connectivity index (χ2v) is 6.38. The zero-order chi connectivity index (χ0) is 19.8. The fourth-order valence-electron chi connectivity index (χ4n) is 3.29. The number of fused-ring (bicyclic) bond motifs is 2. The highest BCUT2D eigenvalue weighted by molar-refractivity contribution is 5.90. The molecule has 0 saturated carbocycles. The summed E-state index contributed by atoms with van der Waals surface area (Å²) in [7, 11) is 1.33. The number of methoxy groups -OCH3 is 1. The van der Waals surface area contributed by atoms with Crippen LogP contribution in [0.4, 0.5) is 5.69 Å². The zero-order valence-corrected chi connectivity index (χ0v) is 14.9. The largest absolute Gasteiger partial charge is 0.465 e. The Bertz CT molecular complexity index is 1210. The summed E-state index contributed by atoms with van der Waals surface area (Å²) < 4.78 is 6.23. The van der Waals surface area contributed by atoms with Crippen molar-refractivity contribution in [1.82, 2.24) is 9.55 Å². The average Bonchev–Trinajstić information content (AvgIpc) is 3.10. The van der Waals surface area contributed by atoms with Crippen molar-refractivity contribution in [3.05, 3.63) is 79.9 Å². The van der Waals surface area contributed by atoms with Crippen LogP contribution in [0.3, 0.4) is 0 Å². The third-order valence-corrected chi connectivity index (χ3v) is 4.71. The van der Waals surface area contributed by atoms with Gasteiger partial charge in [0.15, 0.2) is 0 Å². The fourth-order valence-corrected chi connectivity index (χ4v) is 3.29. The van der Waals surface area contributed by atoms with Gasteiger partial charge in [0.05, 0.1) is 28.5 Å². The SMILES string of the molecule is COC(=O)c1ccc(/C=C2\CCn3c2nc2ccc([N+](=O)[O-])cc2c3=O)cc1. The van der Waals surface area contributed by atoms with Crippen LogP contribution in [0.25, 0.3) is 22.6 Å². The lowest BCUT2D eigenvalue weighted by molar-refractivity contribution is -0.384. The van der Waals surface area contributed by atoms with Crippen molar-refractivity contribution in [2.45, 2.75) is 13.0 Å². The topological polar surface area (TPSA) is 104 Å². The Balaban J connectivity index is 1.76. The van der Waals surface area contributed by atoms with E-state index >= 15 is 0 Å². The minimum atomic E-state index is -0.528. The lowest BCUT2D eigenvalue weighted by Crippen LogP contribution is -2.20. The number of allylic oxidation sites excluding steroid dienone is 1. The third kappa shape index (κ3) is 2.94. The first kappa shape index (κ1) is 17.6. The molecule has 4 rings (SSSR count). The van der Waals surface area contributed by atoms with E-state index in [0.29, 0.717) is 29.9 Å². The van der Waals surface area contributed by atoms with Crippen LogP contribution in [-0.4, -0.2) is 27.6 Å². The second kappa shape index (κ2) is 6.73. The Hall–Kier alpha value is -3.81. The van der Waals surface area contributed by atoms with Crippen molar-refractivity contribution in [1.29, 1.82) is 0 Å². The second-order valence-electron chi connectivity index (χ2n) is 6.38. The maximum atomic E-state index is 12.8. The highest BCUT2D eigenvalue weighted by atomic mass is 16.6. The van der Waals surface area contributed by atoms with Crippen LogP contribution in [-0.2, 0) is 11.3 Å². The molecule has 8 heteroatoms. The van der Waals surface area contributed by atoms with Gasteiger partial charge < -0.3 is 4.74 Å². The van der Waals surface area contributed by atoms with Gasteiger partial charge in [-0.15, -0.1) is 0 Å². The Morgan fingerprint density at radius 1 is 1.25 bits per heavy atom. The molecular formula is C20H15N3O5. The van der Waals surface area contributed by atoms with Crippen molar-refractivity contribution in [2.24, 2.45) is 0 Å². The molecule has 1 aliphatic heterocycles. The van der Waals surface area contributed by atoms with Gasteiger partial charge in [-0.05, 0) is 41.8 Å². The van der Waals surface area contributed by atoms with Crippen LogP contribution in [0.2, 0.25) is 0 Å². The number of nitro groups is 1. The quantitative estimate of drug-likeness (QED) is 0.395. The minimum absolute atomic E-state index is 0.133. The van der Waals surface area contributed by atoms with Gasteiger partial charge in [-0.1, -0.05) is 12.1 Å². The number of esters is 1. The highest BCUT2D eigenvalue weighted by Gasteiger charge is 2.22. The first-order chi connectivity index (χ1) is 13.5. The van der Waals surface area contributed by atoms with E-state index in [1.54, 1.807) is 28.8 Å². The summed E-state index contributed by atoms with van der Waals surface area (Å²) >= 11 is 0. The fraction of sp³-hybridized carbons (Fsp3) is 0.150. The minimum Gasteiger partial charge on any atom is -0.465 e. The monoisotopic (exact) mass is 377 g/mol. The molecule has 2 heterocycles. The molecular weight excluding hydrogens is 362 g/mol. The Labute approximate surface area is 158 Å². The number of carbonyl (C=O) groups excluding carboxylic acids is 1. The van der Waals surface area contributed by atoms with Crippen molar-refractivity contribution >= 4 is 34.2 Å². The number of ether oxygens (including phenoxy) is 1. The first-order valence-electron chi connectivity index (χ1n) is 8.56. The van der Waals surface area contributed by atoms with Gasteiger partial charge in [0.1, 0.15) is 5.82 Å². The summed E-state index contributed by atoms with van der Waals surface area (Å²) in [6.45, 7) is 0.464. The Kier molecular flexibility index (Phi) is 4.23. The molecule has 140 valence electrons. The van der Waals surface area contributed by atoms with Crippen LogP contribution >= 0.6 is 0 Å². The zero-order valence-electron chi connectivity index (χ0n) is 14.9. The molecule has 0 unspecified atom stereocenters. The molecule has 0 atom stereocenters. The van der Waals surface area contributed by atoms with Crippen molar-refractivity contribution in [3.63, 3.8) is 0 Å². The molecule has 0 spiro atoms. The third-order valence-electron chi connectivity index (χ3n) is 4.71. The van der Waals surface area contributed by atoms with Gasteiger partial charge in [-0.25, -0.2) is 9.78 Å². The number of aromatic nitrogens is 2. The number of non-ortho nitro benzene ring substituents is 1. The molecule has 2 aromatic carbocycles. The predicted molar refractivity (Wildman–Crippen MR) is 103 cm³/mol. The van der Waals surface area contributed by atoms with E-state index in [-0.39, 0.29) is 16.6 Å². The number of nitro benzene ring substituents is 1. The number of rotatable bonds is 3. The first-order valence-corrected chi connectivity index (χ1v) is 8.56. The van der Waals surface area contributed by atoms with E-state index in [4.69, 9.17) is 0 Å². The van der Waals surface area contributed by atoms with Gasteiger partial charge in [-0.2, -0.15) is 0 Å². The molecule has 3 aromatic rings. The van der Waals surface area contributed by atoms with Crippen LogP contribution in [0.1, 0.15) is 28.2 Å². The molecule has 0 amide bonds. The average molecular weight is 377 g/mol. The maximum absolute atomic E-state index is 12.8. The van der Waals surface area contributed by atoms with E-state index < -0.39 is 10.9 Å². The summed E-state index contributed by atoms with van der Waals surface area (Å²) in [5, 5.41) is 11.2. The van der Waals surface area contributed by atoms with E-state index in [0.717, 1.165) is 11.1 Å². The molecule has 0 aliphatic carbocycles. The molecule has 0 bridgehead atoms. The lowest BCUT2D eigenvalue weighted by atomic mass is 10.1. The number of carbonyl (C=O) groups is 1. The van der Waals surface area contributed by atoms with E-state index in [1.807, 2.05) is 6.08 Å². The van der Waals surface area contributed by atoms with E-state index in [9.17, 15) is 19.7 Å². The molecule has 0 N–H and O–H groups in total. The van der Waals surface area contributed by atoms with Crippen LogP contribution in [0.15, 0.2) is 47.3 Å². The Morgan fingerprint density at radius 2 is 2.00 bits per heavy atom. The molecule has 0 radical (unpaired) electrons. The van der Waals surface area contributed by atoms with Gasteiger partial charge in [0.2, 0.25) is 0 Å². The highest BCUT2D eigenvalue weighted by Crippen LogP contribution is 2.28. The van der Waals surface area contributed by atoms with E-state index in [2.05, 4.69) is 9.72 Å². The summed E-state index contributed by atoms with van der Waals surface area (Å²) in [4.78, 5) is 39.3. The number of hydrogen-bond acceptors (Lipinski definition) is 6. The smallest absolute Gasteiger partial charge is 0.337 e. The summed E-state index contributed by atoms with van der Waals surface area (Å²) in [5.41, 5.74) is 2.23. The van der Waals surface area contributed by atoms with Gasteiger partial charge in [-0.3, -0.25) is 19.5 Å². The van der Waals surface area contributed by atoms with Crippen LogP contribution in [0, 0.1) is 10.1 Å². The van der Waals surface area contributed by atoms with Crippen molar-refractivity contribution < 1.29 is 14.5 Å². The standard InChI is InChI=1S/C20H15N3O5/c1-28-20(25)13-4-2-12(3-5-13)10-14-8-9-22-18(14)21-17-7-6-15(23(26)27)11-16(17)19(22)24/h2-7,10-11H,8-9H2,1H3/b14-10+. The number of hydrogen-bond donors (Lipinski definition) is 0. The number of nitrogens with zero attached hydrogens (tertiary/aromatic N) is 3. The molecule has 1 aliphatic rings. The lowest BCUT2D eigenvalue weighted by Gasteiger charge is -2.06. The van der Waals surface area contributed by atoms with Crippen LogP contribution < -0.4 is 5.56 Å². The predicted octanol–water partition coefficient (Wildman–Crippen LogP) is 3.04. The molecule has 28 heavy (non-hydrogen) atoms. The van der Waals surface area contributed by atoms with Gasteiger partial charge >= 0.3 is 5.97 Å². The molecule has 1 aromatic heterocycles. The normalized spacial score (nSPS) is 14.2. The summed E-state index contributed by atoms with van der Waals surface area (Å²) in [6.07, 6.45) is 2.54. The number of benzene rings is 2. The molecule has 0 fully saturated rings. The summed E-state index contributed by atoms with van der Waals surface area (Å²) in [5.74, 6) is 0.155. The summed E-state index contributed by atoms with van der Waals surface area (Å²) in [6, 6.07) is 11.0. The molecule has 8 nitrogen and oxygen atoms in total. The van der Waals surface area contributed by atoms with Gasteiger partial charge in [0, 0.05) is 18.7 Å². The van der Waals surface area contributed by atoms with Crippen molar-refractivity contribution in [3.8, 4) is 0 Å². The van der Waals surface area contributed by atoms with Gasteiger partial charge in [0.25, 0.3) is 11.2 Å². The van der Waals surface area contributed by atoms with Crippen LogP contribution in [0.5, 0.6) is 0 Å². The van der Waals surface area contributed by atoms with Crippen molar-refractivity contribution in [2.75, 3.05) is 7.11 Å².